The van der Waals surface area contributed by atoms with Crippen LogP contribution in [0.15, 0.2) is 43.0 Å². The van der Waals surface area contributed by atoms with Crippen molar-refractivity contribution in [3.63, 3.8) is 0 Å². The van der Waals surface area contributed by atoms with E-state index in [4.69, 9.17) is 0 Å². The minimum absolute atomic E-state index is 0.0900. The van der Waals surface area contributed by atoms with Gasteiger partial charge in [-0.2, -0.15) is 0 Å². The first-order chi connectivity index (χ1) is 7.70. The fourth-order valence-electron chi connectivity index (χ4n) is 1.38. The van der Waals surface area contributed by atoms with Gasteiger partial charge in [-0.1, -0.05) is 18.7 Å². The van der Waals surface area contributed by atoms with Crippen molar-refractivity contribution in [2.75, 3.05) is 5.32 Å². The monoisotopic (exact) mass is 214 g/mol. The molecule has 2 aromatic rings. The number of phenolic OH excluding ortho intramolecular Hbond substituents is 1. The molecule has 0 unspecified atom stereocenters. The Kier molecular flexibility index (Phi) is 2.55. The number of anilines is 1. The molecule has 1 amide bonds. The van der Waals surface area contributed by atoms with Crippen molar-refractivity contribution >= 4 is 22.6 Å². The van der Waals surface area contributed by atoms with Crippen LogP contribution in [-0.2, 0) is 4.79 Å². The van der Waals surface area contributed by atoms with Crippen molar-refractivity contribution in [2.24, 2.45) is 0 Å². The van der Waals surface area contributed by atoms with Crippen molar-refractivity contribution in [3.05, 3.63) is 43.0 Å². The molecule has 1 aromatic carbocycles. The highest BCUT2D eigenvalue weighted by Crippen LogP contribution is 2.23. The van der Waals surface area contributed by atoms with Crippen LogP contribution in [0.4, 0.5) is 5.82 Å². The molecule has 1 aromatic heterocycles. The molecule has 0 aliphatic rings. The summed E-state index contributed by atoms with van der Waals surface area (Å²) >= 11 is 0. The zero-order valence-corrected chi connectivity index (χ0v) is 8.47. The Balaban J connectivity index is 2.47. The number of hydrogen-bond acceptors (Lipinski definition) is 3. The van der Waals surface area contributed by atoms with Gasteiger partial charge < -0.3 is 10.4 Å². The van der Waals surface area contributed by atoms with Crippen LogP contribution < -0.4 is 5.32 Å². The Morgan fingerprint density at radius 2 is 2.19 bits per heavy atom. The van der Waals surface area contributed by atoms with E-state index in [-0.39, 0.29) is 11.7 Å². The van der Waals surface area contributed by atoms with Crippen molar-refractivity contribution < 1.29 is 9.90 Å². The van der Waals surface area contributed by atoms with E-state index in [9.17, 15) is 9.90 Å². The number of rotatable bonds is 2. The summed E-state index contributed by atoms with van der Waals surface area (Å²) in [7, 11) is 0. The molecule has 0 saturated carbocycles. The molecular formula is C12H10N2O2. The summed E-state index contributed by atoms with van der Waals surface area (Å²) in [5, 5.41) is 12.9. The van der Waals surface area contributed by atoms with Gasteiger partial charge >= 0.3 is 0 Å². The molecule has 0 radical (unpaired) electrons. The third-order valence-corrected chi connectivity index (χ3v) is 2.14. The van der Waals surface area contributed by atoms with E-state index in [1.54, 1.807) is 24.3 Å². The summed E-state index contributed by atoms with van der Waals surface area (Å²) in [4.78, 5) is 15.2. The lowest BCUT2D eigenvalue weighted by atomic mass is 10.2. The summed E-state index contributed by atoms with van der Waals surface area (Å²) in [5.41, 5.74) is 0.462. The van der Waals surface area contributed by atoms with Crippen LogP contribution in [0.25, 0.3) is 10.9 Å². The van der Waals surface area contributed by atoms with E-state index in [1.807, 2.05) is 6.07 Å². The lowest BCUT2D eigenvalue weighted by molar-refractivity contribution is -0.111. The fourth-order valence-corrected chi connectivity index (χ4v) is 1.38. The van der Waals surface area contributed by atoms with Crippen molar-refractivity contribution in [1.82, 2.24) is 4.98 Å². The predicted octanol–water partition coefficient (Wildman–Crippen LogP) is 2.06. The highest BCUT2D eigenvalue weighted by atomic mass is 16.3. The van der Waals surface area contributed by atoms with Crippen molar-refractivity contribution in [2.45, 2.75) is 0 Å². The molecule has 16 heavy (non-hydrogen) atoms. The highest BCUT2D eigenvalue weighted by Gasteiger charge is 2.03. The quantitative estimate of drug-likeness (QED) is 0.752. The van der Waals surface area contributed by atoms with Gasteiger partial charge in [0.05, 0.1) is 0 Å². The topological polar surface area (TPSA) is 62.2 Å². The summed E-state index contributed by atoms with van der Waals surface area (Å²) < 4.78 is 0. The number of benzene rings is 1. The van der Waals surface area contributed by atoms with E-state index in [1.165, 1.54) is 0 Å². The largest absolute Gasteiger partial charge is 0.506 e. The number of phenols is 1. The Hall–Kier alpha value is -2.36. The summed E-state index contributed by atoms with van der Waals surface area (Å²) in [6.45, 7) is 3.35. The SMILES string of the molecule is C=CC(=O)Nc1ccc2cccc(O)c2n1. The molecule has 0 spiro atoms. The first-order valence-electron chi connectivity index (χ1n) is 4.73. The number of pyridine rings is 1. The van der Waals surface area contributed by atoms with Crippen LogP contribution in [-0.4, -0.2) is 16.0 Å². The lowest BCUT2D eigenvalue weighted by Gasteiger charge is -2.04. The number of hydrogen-bond donors (Lipinski definition) is 2. The minimum Gasteiger partial charge on any atom is -0.506 e. The fraction of sp³-hybridized carbons (Fsp3) is 0. The molecule has 4 nitrogen and oxygen atoms in total. The lowest BCUT2D eigenvalue weighted by Crippen LogP contribution is -2.08. The summed E-state index contributed by atoms with van der Waals surface area (Å²) in [6, 6.07) is 8.57. The smallest absolute Gasteiger partial charge is 0.248 e. The number of amides is 1. The number of aromatic nitrogens is 1. The van der Waals surface area contributed by atoms with Gasteiger partial charge in [0.25, 0.3) is 0 Å². The third kappa shape index (κ3) is 1.86. The van der Waals surface area contributed by atoms with Crippen LogP contribution in [0.1, 0.15) is 0 Å². The third-order valence-electron chi connectivity index (χ3n) is 2.14. The second kappa shape index (κ2) is 4.02. The first kappa shape index (κ1) is 10.2. The van der Waals surface area contributed by atoms with Crippen LogP contribution in [0, 0.1) is 0 Å². The average molecular weight is 214 g/mol. The van der Waals surface area contributed by atoms with Gasteiger partial charge in [-0.25, -0.2) is 4.98 Å². The van der Waals surface area contributed by atoms with Gasteiger partial charge in [-0.15, -0.1) is 0 Å². The maximum absolute atomic E-state index is 11.1. The zero-order chi connectivity index (χ0) is 11.5. The van der Waals surface area contributed by atoms with Gasteiger partial charge in [0.15, 0.2) is 0 Å². The zero-order valence-electron chi connectivity index (χ0n) is 8.47. The normalized spacial score (nSPS) is 10.0. The molecule has 0 saturated heterocycles. The molecule has 2 rings (SSSR count). The van der Waals surface area contributed by atoms with E-state index in [0.29, 0.717) is 11.3 Å². The highest BCUT2D eigenvalue weighted by molar-refractivity contribution is 5.99. The number of fused-ring (bicyclic) bond motifs is 1. The average Bonchev–Trinajstić information content (AvgIpc) is 2.30. The maximum Gasteiger partial charge on any atom is 0.248 e. The number of aromatic hydroxyl groups is 1. The standard InChI is InChI=1S/C12H10N2O2/c1-2-11(16)13-10-7-6-8-4-3-5-9(15)12(8)14-10/h2-7,15H,1H2,(H,13,14,16). The number of para-hydroxylation sites is 1. The number of nitrogens with zero attached hydrogens (tertiary/aromatic N) is 1. The minimum atomic E-state index is -0.331. The Labute approximate surface area is 92.2 Å². The number of carbonyl (C=O) groups excluding carboxylic acids is 1. The molecular weight excluding hydrogens is 204 g/mol. The van der Waals surface area contributed by atoms with Crippen LogP contribution in [0.5, 0.6) is 5.75 Å². The van der Waals surface area contributed by atoms with Crippen LogP contribution in [0.3, 0.4) is 0 Å². The Morgan fingerprint density at radius 3 is 2.94 bits per heavy atom. The van der Waals surface area contributed by atoms with Crippen LogP contribution >= 0.6 is 0 Å². The van der Waals surface area contributed by atoms with Crippen molar-refractivity contribution in [1.29, 1.82) is 0 Å². The summed E-state index contributed by atoms with van der Waals surface area (Å²) in [6.07, 6.45) is 1.16. The molecule has 0 fully saturated rings. The second-order valence-corrected chi connectivity index (χ2v) is 3.24. The van der Waals surface area contributed by atoms with Crippen LogP contribution in [0.2, 0.25) is 0 Å². The second-order valence-electron chi connectivity index (χ2n) is 3.24. The van der Waals surface area contributed by atoms with Gasteiger partial charge in [-0.05, 0) is 24.3 Å². The Morgan fingerprint density at radius 1 is 1.38 bits per heavy atom. The molecule has 0 bridgehead atoms. The van der Waals surface area contributed by atoms with E-state index < -0.39 is 0 Å². The molecule has 0 atom stereocenters. The number of nitrogens with one attached hydrogen (secondary N) is 1. The predicted molar refractivity (Wildman–Crippen MR) is 62.2 cm³/mol. The summed E-state index contributed by atoms with van der Waals surface area (Å²) in [5.74, 6) is 0.147. The van der Waals surface area contributed by atoms with Gasteiger partial charge in [-0.3, -0.25) is 4.79 Å². The first-order valence-corrected chi connectivity index (χ1v) is 4.73. The van der Waals surface area contributed by atoms with Gasteiger partial charge in [0.2, 0.25) is 5.91 Å². The molecule has 80 valence electrons. The molecule has 0 aliphatic carbocycles. The van der Waals surface area contributed by atoms with E-state index >= 15 is 0 Å². The van der Waals surface area contributed by atoms with Gasteiger partial charge in [0.1, 0.15) is 17.1 Å². The van der Waals surface area contributed by atoms with Gasteiger partial charge in [0, 0.05) is 5.39 Å². The van der Waals surface area contributed by atoms with E-state index in [0.717, 1.165) is 11.5 Å². The molecule has 0 aliphatic heterocycles. The molecule has 4 heteroatoms. The molecule has 1 heterocycles. The maximum atomic E-state index is 11.1. The number of carbonyl (C=O) groups is 1. The molecule has 2 N–H and O–H groups in total. The van der Waals surface area contributed by atoms with Crippen molar-refractivity contribution in [3.8, 4) is 5.75 Å². The van der Waals surface area contributed by atoms with E-state index in [2.05, 4.69) is 16.9 Å². The Bertz CT molecular complexity index is 564.